The Labute approximate surface area is 159 Å². The van der Waals surface area contributed by atoms with E-state index in [1.807, 2.05) is 30.3 Å². The molecule has 0 amide bonds. The van der Waals surface area contributed by atoms with E-state index in [0.29, 0.717) is 11.2 Å². The lowest BCUT2D eigenvalue weighted by molar-refractivity contribution is 0.104. The molecule has 4 nitrogen and oxygen atoms in total. The number of aromatic nitrogens is 3. The molecule has 0 N–H and O–H groups in total. The third kappa shape index (κ3) is 2.04. The molecule has 0 bridgehead atoms. The molecule has 2 aromatic heterocycles. The van der Waals surface area contributed by atoms with Crippen molar-refractivity contribution >= 4 is 38.3 Å². The Kier molecular flexibility index (Phi) is 3.47. The van der Waals surface area contributed by atoms with Gasteiger partial charge in [-0.25, -0.2) is 0 Å². The molecule has 0 radical (unpaired) electrons. The van der Waals surface area contributed by atoms with E-state index in [0.717, 1.165) is 57.2 Å². The van der Waals surface area contributed by atoms with Crippen LogP contribution in [0.5, 0.6) is 0 Å². The van der Waals surface area contributed by atoms with Crippen molar-refractivity contribution in [2.45, 2.75) is 26.2 Å². The molecule has 2 aromatic carbocycles. The van der Waals surface area contributed by atoms with E-state index in [2.05, 4.69) is 49.6 Å². The molecule has 0 fully saturated rings. The highest BCUT2D eigenvalue weighted by molar-refractivity contribution is 9.10. The molecule has 0 saturated heterocycles. The van der Waals surface area contributed by atoms with Crippen molar-refractivity contribution < 1.29 is 4.79 Å². The number of hydrogen-bond acceptors (Lipinski definition) is 3. The average molecular weight is 406 g/mol. The molecule has 0 spiro atoms. The lowest BCUT2D eigenvalue weighted by Crippen LogP contribution is -2.03. The first-order chi connectivity index (χ1) is 12.7. The second-order valence-electron chi connectivity index (χ2n) is 6.66. The highest BCUT2D eigenvalue weighted by Crippen LogP contribution is 2.43. The Bertz CT molecular complexity index is 1210. The zero-order valence-corrected chi connectivity index (χ0v) is 15.9. The number of carbonyl (C=O) groups excluding carboxylic acids is 1. The lowest BCUT2D eigenvalue weighted by Gasteiger charge is -2.11. The summed E-state index contributed by atoms with van der Waals surface area (Å²) in [6, 6.07) is 14.0. The van der Waals surface area contributed by atoms with Gasteiger partial charge in [0.25, 0.3) is 0 Å². The second kappa shape index (κ2) is 5.74. The minimum atomic E-state index is 0.0388. The van der Waals surface area contributed by atoms with Crippen molar-refractivity contribution in [3.8, 4) is 11.1 Å². The normalized spacial score (nSPS) is 12.8. The molecule has 5 heteroatoms. The Morgan fingerprint density at radius 2 is 1.85 bits per heavy atom. The highest BCUT2D eigenvalue weighted by Gasteiger charge is 2.32. The largest absolute Gasteiger partial charge is 0.288 e. The average Bonchev–Trinajstić information content (AvgIpc) is 3.20. The minimum absolute atomic E-state index is 0.0388. The van der Waals surface area contributed by atoms with Crippen LogP contribution < -0.4 is 0 Å². The Balaban J connectivity index is 1.97. The van der Waals surface area contributed by atoms with Gasteiger partial charge >= 0.3 is 0 Å². The van der Waals surface area contributed by atoms with E-state index >= 15 is 0 Å². The third-order valence-electron chi connectivity index (χ3n) is 5.09. The van der Waals surface area contributed by atoms with E-state index < -0.39 is 0 Å². The van der Waals surface area contributed by atoms with Gasteiger partial charge in [-0.2, -0.15) is 0 Å². The summed E-state index contributed by atoms with van der Waals surface area (Å²) in [7, 11) is 0. The van der Waals surface area contributed by atoms with Crippen LogP contribution in [0.25, 0.3) is 27.7 Å². The van der Waals surface area contributed by atoms with Crippen LogP contribution in [0.3, 0.4) is 0 Å². The fourth-order valence-corrected chi connectivity index (χ4v) is 4.27. The van der Waals surface area contributed by atoms with Gasteiger partial charge in [0.2, 0.25) is 0 Å². The first-order valence-electron chi connectivity index (χ1n) is 8.84. The van der Waals surface area contributed by atoms with Crippen molar-refractivity contribution in [3.05, 3.63) is 63.9 Å². The quantitative estimate of drug-likeness (QED) is 0.414. The van der Waals surface area contributed by atoms with Crippen LogP contribution in [0.1, 0.15) is 41.5 Å². The molecule has 1 aliphatic rings. The van der Waals surface area contributed by atoms with E-state index in [1.165, 1.54) is 0 Å². The number of rotatable bonds is 3. The van der Waals surface area contributed by atoms with Gasteiger partial charge in [-0.05, 0) is 30.2 Å². The van der Waals surface area contributed by atoms with Gasteiger partial charge in [-0.1, -0.05) is 53.5 Å². The Hall–Kier alpha value is -2.53. The zero-order chi connectivity index (χ0) is 17.8. The number of aryl methyl sites for hydroxylation is 1. The van der Waals surface area contributed by atoms with E-state index in [1.54, 1.807) is 0 Å². The zero-order valence-electron chi connectivity index (χ0n) is 14.3. The number of ketones is 1. The van der Waals surface area contributed by atoms with Crippen molar-refractivity contribution in [2.24, 2.45) is 0 Å². The van der Waals surface area contributed by atoms with E-state index in [-0.39, 0.29) is 5.78 Å². The summed E-state index contributed by atoms with van der Waals surface area (Å²) < 4.78 is 3.06. The summed E-state index contributed by atoms with van der Waals surface area (Å²) in [6.45, 7) is 2.16. The second-order valence-corrected chi connectivity index (χ2v) is 7.58. The first-order valence-corrected chi connectivity index (χ1v) is 9.63. The van der Waals surface area contributed by atoms with Crippen LogP contribution in [0.15, 0.2) is 46.9 Å². The van der Waals surface area contributed by atoms with Crippen molar-refractivity contribution in [1.29, 1.82) is 0 Å². The SMILES string of the molecule is CCCCc1nnc2c3c(c4cc(Br)ccc4n12)-c1ccccc1C3=O. The van der Waals surface area contributed by atoms with E-state index in [4.69, 9.17) is 0 Å². The van der Waals surface area contributed by atoms with Crippen LogP contribution in [0.2, 0.25) is 0 Å². The van der Waals surface area contributed by atoms with Crippen LogP contribution in [0.4, 0.5) is 0 Å². The van der Waals surface area contributed by atoms with Gasteiger partial charge in [0.1, 0.15) is 5.82 Å². The third-order valence-corrected chi connectivity index (χ3v) is 5.59. The van der Waals surface area contributed by atoms with Gasteiger partial charge in [-0.15, -0.1) is 10.2 Å². The Morgan fingerprint density at radius 1 is 1.04 bits per heavy atom. The predicted molar refractivity (Wildman–Crippen MR) is 106 cm³/mol. The van der Waals surface area contributed by atoms with Gasteiger partial charge in [0.15, 0.2) is 11.4 Å². The topological polar surface area (TPSA) is 47.3 Å². The standard InChI is InChI=1S/C21H16BrN3O/c1-2-3-8-17-23-24-21-19-18(13-6-4-5-7-14(13)20(19)26)15-11-12(22)9-10-16(15)25(17)21/h4-7,9-11H,2-3,8H2,1H3. The van der Waals surface area contributed by atoms with Crippen molar-refractivity contribution in [2.75, 3.05) is 0 Å². The number of nitrogens with zero attached hydrogens (tertiary/aromatic N) is 3. The molecular formula is C21H16BrN3O. The molecule has 0 aliphatic heterocycles. The maximum absolute atomic E-state index is 13.2. The van der Waals surface area contributed by atoms with Gasteiger partial charge in [0, 0.05) is 27.4 Å². The minimum Gasteiger partial charge on any atom is -0.288 e. The molecular weight excluding hydrogens is 390 g/mol. The van der Waals surface area contributed by atoms with Crippen LogP contribution in [0, 0.1) is 0 Å². The summed E-state index contributed by atoms with van der Waals surface area (Å²) in [4.78, 5) is 13.2. The molecule has 128 valence electrons. The van der Waals surface area contributed by atoms with Gasteiger partial charge in [0.05, 0.1) is 11.1 Å². The predicted octanol–water partition coefficient (Wildman–Crippen LogP) is 5.20. The number of benzene rings is 2. The van der Waals surface area contributed by atoms with Crippen LogP contribution in [-0.4, -0.2) is 20.4 Å². The lowest BCUT2D eigenvalue weighted by atomic mass is 10.0. The number of halogens is 1. The molecule has 1 aliphatic carbocycles. The number of unbranched alkanes of at least 4 members (excludes halogenated alkanes) is 1. The molecule has 5 rings (SSSR count). The molecule has 26 heavy (non-hydrogen) atoms. The van der Waals surface area contributed by atoms with Crippen molar-refractivity contribution in [3.63, 3.8) is 0 Å². The highest BCUT2D eigenvalue weighted by atomic mass is 79.9. The summed E-state index contributed by atoms with van der Waals surface area (Å²) in [6.07, 6.45) is 2.99. The van der Waals surface area contributed by atoms with Gasteiger partial charge < -0.3 is 0 Å². The number of hydrogen-bond donors (Lipinski definition) is 0. The van der Waals surface area contributed by atoms with Gasteiger partial charge in [-0.3, -0.25) is 9.20 Å². The van der Waals surface area contributed by atoms with Crippen LogP contribution in [-0.2, 0) is 6.42 Å². The fourth-order valence-electron chi connectivity index (χ4n) is 3.91. The van der Waals surface area contributed by atoms with Crippen LogP contribution >= 0.6 is 15.9 Å². The smallest absolute Gasteiger partial charge is 0.198 e. The molecule has 2 heterocycles. The fraction of sp³-hybridized carbons (Fsp3) is 0.190. The summed E-state index contributed by atoms with van der Waals surface area (Å²) >= 11 is 3.59. The number of fused-ring (bicyclic) bond motifs is 8. The Morgan fingerprint density at radius 3 is 2.65 bits per heavy atom. The maximum atomic E-state index is 13.2. The number of pyridine rings is 1. The summed E-state index contributed by atoms with van der Waals surface area (Å²) in [5, 5.41) is 9.91. The summed E-state index contributed by atoms with van der Waals surface area (Å²) in [5.41, 5.74) is 5.09. The first kappa shape index (κ1) is 15.7. The molecule has 0 unspecified atom stereocenters. The molecule has 4 aromatic rings. The number of carbonyl (C=O) groups is 1. The molecule has 0 saturated carbocycles. The summed E-state index contributed by atoms with van der Waals surface area (Å²) in [5.74, 6) is 0.956. The maximum Gasteiger partial charge on any atom is 0.198 e. The van der Waals surface area contributed by atoms with Crippen molar-refractivity contribution in [1.82, 2.24) is 14.6 Å². The molecule has 0 atom stereocenters. The van der Waals surface area contributed by atoms with E-state index in [9.17, 15) is 4.79 Å². The monoisotopic (exact) mass is 405 g/mol.